The Morgan fingerprint density at radius 1 is 1.08 bits per heavy atom. The molecule has 37 heavy (non-hydrogen) atoms. The maximum absolute atomic E-state index is 13.2. The number of methoxy groups -OCH3 is 3. The Morgan fingerprint density at radius 2 is 1.81 bits per heavy atom. The van der Waals surface area contributed by atoms with Crippen molar-refractivity contribution in [1.82, 2.24) is 10.2 Å². The normalized spacial score (nSPS) is 16.6. The van der Waals surface area contributed by atoms with Gasteiger partial charge in [-0.05, 0) is 47.2 Å². The van der Waals surface area contributed by atoms with Crippen LogP contribution in [-0.4, -0.2) is 43.3 Å². The van der Waals surface area contributed by atoms with Crippen LogP contribution in [0, 0.1) is 5.82 Å². The number of fused-ring (bicyclic) bond motifs is 1. The smallest absolute Gasteiger partial charge is 0.338 e. The number of halogens is 1. The van der Waals surface area contributed by atoms with Gasteiger partial charge >= 0.3 is 5.97 Å². The molecule has 0 spiro atoms. The van der Waals surface area contributed by atoms with E-state index in [1.807, 2.05) is 29.4 Å². The summed E-state index contributed by atoms with van der Waals surface area (Å²) in [5.74, 6) is 0.0369. The van der Waals surface area contributed by atoms with Gasteiger partial charge in [-0.15, -0.1) is 0 Å². The van der Waals surface area contributed by atoms with Gasteiger partial charge in [0.15, 0.2) is 16.7 Å². The summed E-state index contributed by atoms with van der Waals surface area (Å²) in [6.07, 6.45) is 0.590. The molecule has 1 atom stereocenters. The molecule has 8 nitrogen and oxygen atoms in total. The summed E-state index contributed by atoms with van der Waals surface area (Å²) in [6.45, 7) is 2.20. The highest BCUT2D eigenvalue weighted by Gasteiger charge is 2.41. The third-order valence-electron chi connectivity index (χ3n) is 6.10. The summed E-state index contributed by atoms with van der Waals surface area (Å²) in [5, 5.41) is 5.42. The van der Waals surface area contributed by atoms with Gasteiger partial charge in [-0.25, -0.2) is 14.2 Å². The lowest BCUT2D eigenvalue weighted by atomic mass is 9.92. The molecule has 0 unspecified atom stereocenters. The molecule has 2 aromatic rings. The number of benzene rings is 2. The summed E-state index contributed by atoms with van der Waals surface area (Å²) in [4.78, 5) is 32.6. The van der Waals surface area contributed by atoms with E-state index in [0.29, 0.717) is 40.1 Å². The van der Waals surface area contributed by atoms with E-state index in [9.17, 15) is 14.0 Å². The number of aliphatic imine (C=N–C) groups is 1. The summed E-state index contributed by atoms with van der Waals surface area (Å²) >= 11 is 1.40. The van der Waals surface area contributed by atoms with E-state index >= 15 is 0 Å². The number of thioether (sulfide) groups is 1. The number of ether oxygens (including phenoxy) is 3. The zero-order valence-corrected chi connectivity index (χ0v) is 21.9. The largest absolute Gasteiger partial charge is 0.493 e. The van der Waals surface area contributed by atoms with Gasteiger partial charge in [0.2, 0.25) is 5.91 Å². The molecule has 0 aromatic heterocycles. The quantitative estimate of drug-likeness (QED) is 0.475. The second kappa shape index (κ2) is 11.5. The Balaban J connectivity index is 1.66. The van der Waals surface area contributed by atoms with Crippen molar-refractivity contribution in [3.63, 3.8) is 0 Å². The maximum Gasteiger partial charge on any atom is 0.338 e. The number of rotatable bonds is 9. The van der Waals surface area contributed by atoms with Crippen LogP contribution in [0.3, 0.4) is 0 Å². The number of carbonyl (C=O) groups excluding carboxylic acids is 2. The highest BCUT2D eigenvalue weighted by atomic mass is 32.2. The predicted octanol–water partition coefficient (Wildman–Crippen LogP) is 4.69. The molecular formula is C27H28FN3O5S. The van der Waals surface area contributed by atoms with Crippen LogP contribution in [0.5, 0.6) is 11.5 Å². The average molecular weight is 526 g/mol. The van der Waals surface area contributed by atoms with Crippen LogP contribution in [0.2, 0.25) is 0 Å². The van der Waals surface area contributed by atoms with Crippen LogP contribution in [0.4, 0.5) is 4.39 Å². The Bertz CT molecular complexity index is 1290. The molecule has 10 heteroatoms. The zero-order valence-electron chi connectivity index (χ0n) is 21.0. The molecule has 194 valence electrons. The number of hydrogen-bond donors (Lipinski definition) is 1. The van der Waals surface area contributed by atoms with E-state index in [2.05, 4.69) is 5.32 Å². The van der Waals surface area contributed by atoms with E-state index in [4.69, 9.17) is 19.2 Å². The molecule has 1 amide bonds. The summed E-state index contributed by atoms with van der Waals surface area (Å²) in [7, 11) is 4.44. The lowest BCUT2D eigenvalue weighted by molar-refractivity contribution is -0.136. The molecular weight excluding hydrogens is 497 g/mol. The second-order valence-electron chi connectivity index (χ2n) is 8.29. The fraction of sp³-hybridized carbons (Fsp3) is 0.296. The van der Waals surface area contributed by atoms with Crippen molar-refractivity contribution in [3.8, 4) is 11.5 Å². The van der Waals surface area contributed by atoms with Crippen molar-refractivity contribution in [3.05, 3.63) is 81.8 Å². The lowest BCUT2D eigenvalue weighted by Gasteiger charge is -2.36. The van der Waals surface area contributed by atoms with E-state index in [0.717, 1.165) is 11.1 Å². The number of nitrogens with zero attached hydrogens (tertiary/aromatic N) is 2. The van der Waals surface area contributed by atoms with Gasteiger partial charge in [-0.2, -0.15) is 0 Å². The van der Waals surface area contributed by atoms with Crippen molar-refractivity contribution in [2.45, 2.75) is 32.4 Å². The van der Waals surface area contributed by atoms with Gasteiger partial charge in [0.25, 0.3) is 0 Å². The molecule has 1 N–H and O–H groups in total. The molecule has 0 bridgehead atoms. The molecule has 0 saturated carbocycles. The van der Waals surface area contributed by atoms with Gasteiger partial charge < -0.3 is 24.4 Å². The molecule has 2 aliphatic heterocycles. The minimum absolute atomic E-state index is 0.0624. The second-order valence-corrected chi connectivity index (χ2v) is 9.13. The highest BCUT2D eigenvalue weighted by molar-refractivity contribution is 8.16. The highest BCUT2D eigenvalue weighted by Crippen LogP contribution is 2.46. The Hall–Kier alpha value is -3.79. The molecule has 0 fully saturated rings. The fourth-order valence-corrected chi connectivity index (χ4v) is 5.22. The van der Waals surface area contributed by atoms with Gasteiger partial charge in [0.05, 0.1) is 45.1 Å². The molecule has 0 aliphatic carbocycles. The standard InChI is InChI=1S/C27H28FN3O5S/c1-5-20-24(26(33)36-4)25(17-8-11-21(34-2)22(12-17)35-3)31-19(15-37-27(31)30-20)13-23(32)29-14-16-6-9-18(28)10-7-16/h6-12,15,25H,5,13-14H2,1-4H3,(H,29,32)/t25-/m1/s1. The van der Waals surface area contributed by atoms with E-state index in [1.54, 1.807) is 32.4 Å². The van der Waals surface area contributed by atoms with Gasteiger partial charge in [0.1, 0.15) is 5.82 Å². The van der Waals surface area contributed by atoms with Crippen LogP contribution in [0.1, 0.15) is 36.9 Å². The first-order valence-electron chi connectivity index (χ1n) is 11.7. The van der Waals surface area contributed by atoms with Crippen LogP contribution < -0.4 is 14.8 Å². The van der Waals surface area contributed by atoms with Crippen LogP contribution in [0.25, 0.3) is 0 Å². The molecule has 2 heterocycles. The number of amidine groups is 1. The molecule has 0 radical (unpaired) electrons. The third-order valence-corrected chi connectivity index (χ3v) is 6.99. The molecule has 2 aromatic carbocycles. The summed E-state index contributed by atoms with van der Waals surface area (Å²) < 4.78 is 29.2. The SMILES string of the molecule is CCC1=C(C(=O)OC)[C@@H](c2ccc(OC)c(OC)c2)N2C(CC(=O)NCc3ccc(F)cc3)=CSC2=N1. The fourth-order valence-electron chi connectivity index (χ4n) is 4.28. The molecule has 0 saturated heterocycles. The van der Waals surface area contributed by atoms with E-state index in [-0.39, 0.29) is 24.7 Å². The van der Waals surface area contributed by atoms with Gasteiger partial charge in [-0.3, -0.25) is 4.79 Å². The predicted molar refractivity (Wildman–Crippen MR) is 139 cm³/mol. The van der Waals surface area contributed by atoms with Crippen molar-refractivity contribution in [1.29, 1.82) is 0 Å². The topological polar surface area (TPSA) is 89.5 Å². The van der Waals surface area contributed by atoms with Crippen molar-refractivity contribution >= 4 is 28.8 Å². The van der Waals surface area contributed by atoms with E-state index in [1.165, 1.54) is 31.0 Å². The summed E-state index contributed by atoms with van der Waals surface area (Å²) in [6, 6.07) is 10.8. The number of amides is 1. The average Bonchev–Trinajstić information content (AvgIpc) is 3.32. The number of nitrogens with one attached hydrogen (secondary N) is 1. The Kier molecular flexibility index (Phi) is 8.17. The van der Waals surface area contributed by atoms with Crippen LogP contribution in [0.15, 0.2) is 69.8 Å². The Labute approximate surface area is 219 Å². The molecule has 2 aliphatic rings. The monoisotopic (exact) mass is 525 g/mol. The summed E-state index contributed by atoms with van der Waals surface area (Å²) in [5.41, 5.74) is 3.27. The zero-order chi connectivity index (χ0) is 26.5. The van der Waals surface area contributed by atoms with Crippen molar-refractivity contribution in [2.75, 3.05) is 21.3 Å². The van der Waals surface area contributed by atoms with Gasteiger partial charge in [-0.1, -0.05) is 36.9 Å². The number of carbonyl (C=O) groups is 2. The third kappa shape index (κ3) is 5.48. The minimum atomic E-state index is -0.583. The maximum atomic E-state index is 13.2. The van der Waals surface area contributed by atoms with Crippen molar-refractivity contribution in [2.24, 2.45) is 4.99 Å². The van der Waals surface area contributed by atoms with Gasteiger partial charge in [0, 0.05) is 12.2 Å². The lowest BCUT2D eigenvalue weighted by Crippen LogP contribution is -2.38. The number of allylic oxidation sites excluding steroid dienone is 1. The number of esters is 1. The molecule has 4 rings (SSSR count). The first-order chi connectivity index (χ1) is 17.9. The van der Waals surface area contributed by atoms with E-state index < -0.39 is 12.0 Å². The Morgan fingerprint density at radius 3 is 2.46 bits per heavy atom. The minimum Gasteiger partial charge on any atom is -0.493 e. The number of hydrogen-bond acceptors (Lipinski definition) is 8. The van der Waals surface area contributed by atoms with Crippen LogP contribution in [-0.2, 0) is 20.9 Å². The first kappa shape index (κ1) is 26.3. The first-order valence-corrected chi connectivity index (χ1v) is 12.6. The van der Waals surface area contributed by atoms with Crippen LogP contribution >= 0.6 is 11.8 Å². The van der Waals surface area contributed by atoms with Crippen molar-refractivity contribution < 1.29 is 28.2 Å².